The van der Waals surface area contributed by atoms with Gasteiger partial charge in [-0.05, 0) is 5.41 Å². The number of rotatable bonds is 3. The zero-order chi connectivity index (χ0) is 9.12. The second kappa shape index (κ2) is 3.48. The third-order valence-electron chi connectivity index (χ3n) is 1.27. The van der Waals surface area contributed by atoms with Crippen LogP contribution in [0.4, 0.5) is 8.78 Å². The summed E-state index contributed by atoms with van der Waals surface area (Å²) in [5, 5.41) is 8.32. The van der Waals surface area contributed by atoms with Crippen LogP contribution < -0.4 is 0 Å². The Morgan fingerprint density at radius 2 is 1.64 bits per heavy atom. The van der Waals surface area contributed by atoms with Gasteiger partial charge in [0.2, 0.25) is 0 Å². The van der Waals surface area contributed by atoms with Crippen LogP contribution in [-0.2, 0) is 0 Å². The van der Waals surface area contributed by atoms with E-state index in [0.717, 1.165) is 0 Å². The van der Waals surface area contributed by atoms with Crippen LogP contribution in [0, 0.1) is 5.41 Å². The Kier molecular flexibility index (Phi) is 3.42. The zero-order valence-corrected chi connectivity index (χ0v) is 7.32. The number of aliphatic hydroxyl groups excluding tert-OH is 1. The van der Waals surface area contributed by atoms with E-state index in [4.69, 9.17) is 5.11 Å². The molecule has 1 N–H and O–H groups in total. The van der Waals surface area contributed by atoms with Crippen molar-refractivity contribution in [2.24, 2.45) is 5.41 Å². The summed E-state index contributed by atoms with van der Waals surface area (Å²) in [5.74, 6) is -2.72. The van der Waals surface area contributed by atoms with Gasteiger partial charge < -0.3 is 5.11 Å². The van der Waals surface area contributed by atoms with E-state index in [2.05, 4.69) is 0 Å². The highest BCUT2D eigenvalue weighted by molar-refractivity contribution is 4.74. The van der Waals surface area contributed by atoms with Crippen molar-refractivity contribution in [1.82, 2.24) is 0 Å². The Balaban J connectivity index is 3.91. The molecule has 0 aliphatic rings. The van der Waals surface area contributed by atoms with E-state index < -0.39 is 19.0 Å². The highest BCUT2D eigenvalue weighted by atomic mass is 19.3. The summed E-state index contributed by atoms with van der Waals surface area (Å²) < 4.78 is 25.5. The van der Waals surface area contributed by atoms with E-state index >= 15 is 0 Å². The molecule has 0 heterocycles. The smallest absolute Gasteiger partial charge is 0.250 e. The van der Waals surface area contributed by atoms with Crippen molar-refractivity contribution in [1.29, 1.82) is 0 Å². The molecule has 3 heteroatoms. The van der Waals surface area contributed by atoms with Gasteiger partial charge in [-0.2, -0.15) is 0 Å². The van der Waals surface area contributed by atoms with Gasteiger partial charge in [0, 0.05) is 19.4 Å². The molecule has 11 heavy (non-hydrogen) atoms. The molecule has 0 aliphatic carbocycles. The van der Waals surface area contributed by atoms with Crippen molar-refractivity contribution in [2.75, 3.05) is 6.61 Å². The molecule has 0 aromatic rings. The van der Waals surface area contributed by atoms with Gasteiger partial charge in [0.1, 0.15) is 0 Å². The molecule has 0 radical (unpaired) electrons. The first-order chi connectivity index (χ1) is 4.77. The summed E-state index contributed by atoms with van der Waals surface area (Å²) in [6.07, 6.45) is -0.592. The second-order valence-electron chi connectivity index (χ2n) is 4.07. The molecule has 0 saturated carbocycles. The first kappa shape index (κ1) is 10.8. The summed E-state index contributed by atoms with van der Waals surface area (Å²) in [7, 11) is 0. The number of aliphatic hydroxyl groups is 1. The van der Waals surface area contributed by atoms with Crippen molar-refractivity contribution in [2.45, 2.75) is 39.5 Å². The predicted molar refractivity (Wildman–Crippen MR) is 40.7 cm³/mol. The molecule has 0 amide bonds. The third-order valence-corrected chi connectivity index (χ3v) is 1.27. The highest BCUT2D eigenvalue weighted by Crippen LogP contribution is 2.33. The fraction of sp³-hybridized carbons (Fsp3) is 1.00. The lowest BCUT2D eigenvalue weighted by atomic mass is 9.88. The third kappa shape index (κ3) is 6.23. The van der Waals surface area contributed by atoms with Crippen LogP contribution in [0.5, 0.6) is 0 Å². The van der Waals surface area contributed by atoms with Crippen molar-refractivity contribution in [3.63, 3.8) is 0 Å². The van der Waals surface area contributed by atoms with Crippen molar-refractivity contribution in [3.8, 4) is 0 Å². The molecule has 68 valence electrons. The van der Waals surface area contributed by atoms with Gasteiger partial charge >= 0.3 is 0 Å². The molecule has 1 nitrogen and oxygen atoms in total. The lowest BCUT2D eigenvalue weighted by Crippen LogP contribution is -2.25. The zero-order valence-electron chi connectivity index (χ0n) is 7.32. The minimum atomic E-state index is -2.72. The maximum absolute atomic E-state index is 12.8. The van der Waals surface area contributed by atoms with Crippen molar-refractivity contribution < 1.29 is 13.9 Å². The molecule has 0 bridgehead atoms. The molecular formula is C8H16F2O. The highest BCUT2D eigenvalue weighted by Gasteiger charge is 2.33. The number of hydrogen-bond acceptors (Lipinski definition) is 1. The lowest BCUT2D eigenvalue weighted by Gasteiger charge is -2.24. The molecule has 0 unspecified atom stereocenters. The van der Waals surface area contributed by atoms with Gasteiger partial charge in [-0.1, -0.05) is 20.8 Å². The maximum atomic E-state index is 12.8. The summed E-state index contributed by atoms with van der Waals surface area (Å²) in [6, 6.07) is 0. The Morgan fingerprint density at radius 3 is 1.91 bits per heavy atom. The molecule has 0 aromatic heterocycles. The molecule has 0 saturated heterocycles. The van der Waals surface area contributed by atoms with E-state index in [1.165, 1.54) is 0 Å². The quantitative estimate of drug-likeness (QED) is 0.682. The van der Waals surface area contributed by atoms with Crippen LogP contribution in [0.3, 0.4) is 0 Å². The monoisotopic (exact) mass is 166 g/mol. The molecule has 0 spiro atoms. The van der Waals surface area contributed by atoms with Crippen LogP contribution >= 0.6 is 0 Å². The minimum absolute atomic E-state index is 0.166. The van der Waals surface area contributed by atoms with Gasteiger partial charge in [0.15, 0.2) is 0 Å². The Labute approximate surface area is 66.4 Å². The topological polar surface area (TPSA) is 20.2 Å². The number of hydrogen-bond donors (Lipinski definition) is 1. The van der Waals surface area contributed by atoms with E-state index in [9.17, 15) is 8.78 Å². The number of alkyl halides is 2. The summed E-state index contributed by atoms with van der Waals surface area (Å²) in [6.45, 7) is 4.85. The van der Waals surface area contributed by atoms with Crippen LogP contribution in [0.1, 0.15) is 33.6 Å². The predicted octanol–water partition coefficient (Wildman–Crippen LogP) is 2.44. The first-order valence-electron chi connectivity index (χ1n) is 3.75. The molecule has 0 fully saturated rings. The summed E-state index contributed by atoms with van der Waals surface area (Å²) >= 11 is 0. The van der Waals surface area contributed by atoms with Crippen molar-refractivity contribution >= 4 is 0 Å². The number of halogens is 2. The largest absolute Gasteiger partial charge is 0.396 e. The van der Waals surface area contributed by atoms with Gasteiger partial charge in [-0.15, -0.1) is 0 Å². The normalized spacial score (nSPS) is 13.6. The van der Waals surface area contributed by atoms with Crippen LogP contribution in [0.25, 0.3) is 0 Å². The van der Waals surface area contributed by atoms with E-state index in [1.54, 1.807) is 20.8 Å². The fourth-order valence-electron chi connectivity index (χ4n) is 1.03. The summed E-state index contributed by atoms with van der Waals surface area (Å²) in [4.78, 5) is 0. The van der Waals surface area contributed by atoms with Gasteiger partial charge in [-0.3, -0.25) is 0 Å². The molecular weight excluding hydrogens is 150 g/mol. The molecule has 0 atom stereocenters. The average Bonchev–Trinajstić information content (AvgIpc) is 1.55. The van der Waals surface area contributed by atoms with Gasteiger partial charge in [0.25, 0.3) is 5.92 Å². The average molecular weight is 166 g/mol. The van der Waals surface area contributed by atoms with E-state index in [-0.39, 0.29) is 11.8 Å². The molecule has 0 aliphatic heterocycles. The molecule has 0 rings (SSSR count). The minimum Gasteiger partial charge on any atom is -0.396 e. The Hall–Kier alpha value is -0.180. The lowest BCUT2D eigenvalue weighted by molar-refractivity contribution is -0.0531. The molecule has 0 aromatic carbocycles. The van der Waals surface area contributed by atoms with Crippen molar-refractivity contribution in [3.05, 3.63) is 0 Å². The first-order valence-corrected chi connectivity index (χ1v) is 3.75. The van der Waals surface area contributed by atoms with E-state index in [1.807, 2.05) is 0 Å². The Morgan fingerprint density at radius 1 is 1.18 bits per heavy atom. The summed E-state index contributed by atoms with van der Waals surface area (Å²) in [5.41, 5.74) is -0.376. The standard InChI is InChI=1S/C8H16F2O/c1-7(2,3)6-8(9,10)4-5-11/h11H,4-6H2,1-3H3. The van der Waals surface area contributed by atoms with Crippen LogP contribution in [0.2, 0.25) is 0 Å². The van der Waals surface area contributed by atoms with Crippen LogP contribution in [0.15, 0.2) is 0 Å². The van der Waals surface area contributed by atoms with E-state index in [0.29, 0.717) is 0 Å². The maximum Gasteiger partial charge on any atom is 0.250 e. The fourth-order valence-corrected chi connectivity index (χ4v) is 1.03. The van der Waals surface area contributed by atoms with Gasteiger partial charge in [-0.25, -0.2) is 8.78 Å². The van der Waals surface area contributed by atoms with Crippen LogP contribution in [-0.4, -0.2) is 17.6 Å². The SMILES string of the molecule is CC(C)(C)CC(F)(F)CCO. The Bertz CT molecular complexity index is 116. The second-order valence-corrected chi connectivity index (χ2v) is 4.07. The van der Waals surface area contributed by atoms with Gasteiger partial charge in [0.05, 0.1) is 0 Å².